The fourth-order valence-corrected chi connectivity index (χ4v) is 5.53. The van der Waals surface area contributed by atoms with E-state index in [1.165, 1.54) is 11.3 Å². The molecule has 0 aromatic carbocycles. The Balaban J connectivity index is 1.18. The van der Waals surface area contributed by atoms with Gasteiger partial charge in [0.15, 0.2) is 0 Å². The number of piperidine rings is 1. The van der Waals surface area contributed by atoms with Crippen molar-refractivity contribution in [2.75, 3.05) is 60.5 Å². The summed E-state index contributed by atoms with van der Waals surface area (Å²) in [6.45, 7) is 5.34. The van der Waals surface area contributed by atoms with Crippen LogP contribution in [-0.2, 0) is 9.59 Å². The van der Waals surface area contributed by atoms with Crippen molar-refractivity contribution in [3.05, 3.63) is 24.4 Å². The Labute approximate surface area is 185 Å². The fraction of sp³-hybridized carbons (Fsp3) is 0.571. The Bertz CT molecular complexity index is 929. The van der Waals surface area contributed by atoms with Crippen LogP contribution in [0.25, 0.3) is 0 Å². The molecule has 9 nitrogen and oxygen atoms in total. The first-order chi connectivity index (χ1) is 15.2. The summed E-state index contributed by atoms with van der Waals surface area (Å²) in [6, 6.07) is 5.93. The molecule has 3 fully saturated rings. The topological polar surface area (TPSA) is 85.8 Å². The van der Waals surface area contributed by atoms with Gasteiger partial charge in [-0.3, -0.25) is 14.5 Å². The van der Waals surface area contributed by atoms with Gasteiger partial charge in [-0.1, -0.05) is 17.4 Å². The summed E-state index contributed by atoms with van der Waals surface area (Å²) in [4.78, 5) is 37.7. The van der Waals surface area contributed by atoms with E-state index in [2.05, 4.69) is 25.0 Å². The number of anilines is 3. The molecule has 5 heterocycles. The summed E-state index contributed by atoms with van der Waals surface area (Å²) >= 11 is 1.46. The molecule has 3 aliphatic heterocycles. The second-order valence-corrected chi connectivity index (χ2v) is 9.24. The molecule has 164 valence electrons. The van der Waals surface area contributed by atoms with Crippen LogP contribution in [0.5, 0.6) is 0 Å². The summed E-state index contributed by atoms with van der Waals surface area (Å²) in [5.41, 5.74) is 0. The Morgan fingerprint density at radius 3 is 2.55 bits per heavy atom. The molecule has 2 amide bonds. The minimum Gasteiger partial charge on any atom is -0.353 e. The Kier molecular flexibility index (Phi) is 5.71. The average molecular weight is 442 g/mol. The van der Waals surface area contributed by atoms with Crippen LogP contribution < -0.4 is 14.7 Å². The highest BCUT2D eigenvalue weighted by molar-refractivity contribution is 7.19. The standard InChI is InChI=1S/C21H27N7O2S/c29-18-7-4-10-28(18)21-24-23-20(31-21)27-9-3-5-16(15-27)19(30)26-13-11-25(12-14-26)17-6-1-2-8-22-17/h1-2,6,8,16H,3-5,7,9-15H2. The Morgan fingerprint density at radius 2 is 1.81 bits per heavy atom. The van der Waals surface area contributed by atoms with Crippen molar-refractivity contribution >= 4 is 39.2 Å². The van der Waals surface area contributed by atoms with E-state index in [0.717, 1.165) is 69.5 Å². The van der Waals surface area contributed by atoms with E-state index < -0.39 is 0 Å². The van der Waals surface area contributed by atoms with Gasteiger partial charge in [0.2, 0.25) is 22.1 Å². The number of aromatic nitrogens is 3. The molecule has 2 aromatic rings. The van der Waals surface area contributed by atoms with E-state index in [1.807, 2.05) is 29.3 Å². The molecule has 0 radical (unpaired) electrons. The van der Waals surface area contributed by atoms with Crippen molar-refractivity contribution in [3.63, 3.8) is 0 Å². The number of carbonyl (C=O) groups is 2. The summed E-state index contributed by atoms with van der Waals surface area (Å²) in [5.74, 6) is 1.32. The number of rotatable bonds is 4. The minimum atomic E-state index is -0.0177. The first-order valence-electron chi connectivity index (χ1n) is 11.0. The maximum atomic E-state index is 13.2. The van der Waals surface area contributed by atoms with Crippen LogP contribution in [0.4, 0.5) is 16.1 Å². The normalized spacial score (nSPS) is 22.3. The van der Waals surface area contributed by atoms with Gasteiger partial charge < -0.3 is 14.7 Å². The van der Waals surface area contributed by atoms with Gasteiger partial charge in [0.1, 0.15) is 5.82 Å². The maximum absolute atomic E-state index is 13.2. The second kappa shape index (κ2) is 8.78. The highest BCUT2D eigenvalue weighted by atomic mass is 32.1. The quantitative estimate of drug-likeness (QED) is 0.713. The largest absolute Gasteiger partial charge is 0.353 e. The summed E-state index contributed by atoms with van der Waals surface area (Å²) in [7, 11) is 0. The first-order valence-corrected chi connectivity index (χ1v) is 11.8. The van der Waals surface area contributed by atoms with E-state index in [-0.39, 0.29) is 17.7 Å². The van der Waals surface area contributed by atoms with Gasteiger partial charge in [-0.25, -0.2) is 4.98 Å². The number of piperazine rings is 1. The molecular weight excluding hydrogens is 414 g/mol. The van der Waals surface area contributed by atoms with Gasteiger partial charge in [0.25, 0.3) is 0 Å². The Hall–Kier alpha value is -2.75. The number of nitrogens with zero attached hydrogens (tertiary/aromatic N) is 7. The highest BCUT2D eigenvalue weighted by Gasteiger charge is 2.33. The third-order valence-electron chi connectivity index (χ3n) is 6.31. The fourth-order valence-electron chi connectivity index (χ4n) is 4.60. The molecule has 0 N–H and O–H groups in total. The molecular formula is C21H27N7O2S. The number of carbonyl (C=O) groups excluding carboxylic acids is 2. The van der Waals surface area contributed by atoms with E-state index in [9.17, 15) is 9.59 Å². The van der Waals surface area contributed by atoms with Gasteiger partial charge in [-0.2, -0.15) is 0 Å². The molecule has 31 heavy (non-hydrogen) atoms. The smallest absolute Gasteiger partial charge is 0.228 e. The molecule has 10 heteroatoms. The third kappa shape index (κ3) is 4.21. The molecule has 3 saturated heterocycles. The first kappa shape index (κ1) is 20.2. The van der Waals surface area contributed by atoms with Crippen molar-refractivity contribution < 1.29 is 9.59 Å². The second-order valence-electron chi connectivity index (χ2n) is 8.30. The van der Waals surface area contributed by atoms with Crippen LogP contribution in [-0.4, -0.2) is 77.7 Å². The van der Waals surface area contributed by atoms with Crippen LogP contribution in [0, 0.1) is 5.92 Å². The molecule has 0 aliphatic carbocycles. The molecule has 2 aromatic heterocycles. The van der Waals surface area contributed by atoms with Crippen LogP contribution in [0.3, 0.4) is 0 Å². The van der Waals surface area contributed by atoms with Gasteiger partial charge >= 0.3 is 0 Å². The van der Waals surface area contributed by atoms with E-state index in [1.54, 1.807) is 4.90 Å². The number of hydrogen-bond acceptors (Lipinski definition) is 8. The van der Waals surface area contributed by atoms with Crippen LogP contribution >= 0.6 is 11.3 Å². The van der Waals surface area contributed by atoms with Crippen molar-refractivity contribution in [1.82, 2.24) is 20.1 Å². The lowest BCUT2D eigenvalue weighted by atomic mass is 9.96. The van der Waals surface area contributed by atoms with E-state index >= 15 is 0 Å². The highest BCUT2D eigenvalue weighted by Crippen LogP contribution is 2.32. The number of amides is 2. The zero-order valence-corrected chi connectivity index (χ0v) is 18.3. The molecule has 5 rings (SSSR count). The zero-order chi connectivity index (χ0) is 21.2. The number of pyridine rings is 1. The minimum absolute atomic E-state index is 0.0177. The SMILES string of the molecule is O=C(C1CCCN(c2nnc(N3CCCC3=O)s2)C1)N1CCN(c2ccccn2)CC1. The Morgan fingerprint density at radius 1 is 0.968 bits per heavy atom. The molecule has 3 aliphatic rings. The van der Waals surface area contributed by atoms with Crippen LogP contribution in [0.15, 0.2) is 24.4 Å². The third-order valence-corrected chi connectivity index (χ3v) is 7.32. The summed E-state index contributed by atoms with van der Waals surface area (Å²) < 4.78 is 0. The molecule has 0 spiro atoms. The van der Waals surface area contributed by atoms with Crippen molar-refractivity contribution in [1.29, 1.82) is 0 Å². The predicted octanol–water partition coefficient (Wildman–Crippen LogP) is 1.63. The average Bonchev–Trinajstić information content (AvgIpc) is 3.48. The van der Waals surface area contributed by atoms with Gasteiger partial charge in [0, 0.05) is 58.4 Å². The van der Waals surface area contributed by atoms with Crippen molar-refractivity contribution in [3.8, 4) is 0 Å². The van der Waals surface area contributed by atoms with Crippen LogP contribution in [0.2, 0.25) is 0 Å². The lowest BCUT2D eigenvalue weighted by Crippen LogP contribution is -2.52. The number of hydrogen-bond donors (Lipinski definition) is 0. The lowest BCUT2D eigenvalue weighted by Gasteiger charge is -2.39. The van der Waals surface area contributed by atoms with Crippen molar-refractivity contribution in [2.45, 2.75) is 25.7 Å². The molecule has 0 saturated carbocycles. The van der Waals surface area contributed by atoms with Gasteiger partial charge in [0.05, 0.1) is 5.92 Å². The molecule has 1 unspecified atom stereocenters. The van der Waals surface area contributed by atoms with E-state index in [4.69, 9.17) is 0 Å². The van der Waals surface area contributed by atoms with Crippen LogP contribution in [0.1, 0.15) is 25.7 Å². The maximum Gasteiger partial charge on any atom is 0.228 e. The summed E-state index contributed by atoms with van der Waals surface area (Å²) in [6.07, 6.45) is 5.14. The van der Waals surface area contributed by atoms with Crippen molar-refractivity contribution in [2.24, 2.45) is 5.92 Å². The zero-order valence-electron chi connectivity index (χ0n) is 17.5. The van der Waals surface area contributed by atoms with E-state index in [0.29, 0.717) is 18.1 Å². The molecule has 1 atom stereocenters. The van der Waals surface area contributed by atoms with Gasteiger partial charge in [-0.05, 0) is 31.4 Å². The lowest BCUT2D eigenvalue weighted by molar-refractivity contribution is -0.136. The summed E-state index contributed by atoms with van der Waals surface area (Å²) in [5, 5.41) is 10.1. The predicted molar refractivity (Wildman–Crippen MR) is 119 cm³/mol. The van der Waals surface area contributed by atoms with Gasteiger partial charge in [-0.15, -0.1) is 10.2 Å². The molecule has 0 bridgehead atoms. The monoisotopic (exact) mass is 441 g/mol.